The number of ether oxygens (including phenoxy) is 1. The van der Waals surface area contributed by atoms with Crippen LogP contribution in [0.25, 0.3) is 0 Å². The molecule has 192 valence electrons. The Balaban J connectivity index is 1.76. The Morgan fingerprint density at radius 1 is 1.14 bits per heavy atom. The zero-order valence-electron chi connectivity index (χ0n) is 19.2. The molecule has 1 unspecified atom stereocenters. The van der Waals surface area contributed by atoms with E-state index in [1.807, 2.05) is 0 Å². The quantitative estimate of drug-likeness (QED) is 0.468. The van der Waals surface area contributed by atoms with E-state index in [1.165, 1.54) is 28.0 Å². The minimum atomic E-state index is -4.83. The molecule has 2 heterocycles. The molecule has 0 saturated heterocycles. The van der Waals surface area contributed by atoms with Crippen LogP contribution in [-0.2, 0) is 13.0 Å². The summed E-state index contributed by atoms with van der Waals surface area (Å²) in [5.74, 6) is -0.166. The molecule has 0 aliphatic carbocycles. The van der Waals surface area contributed by atoms with E-state index in [0.717, 1.165) is 5.56 Å². The lowest BCUT2D eigenvalue weighted by Gasteiger charge is -2.38. The van der Waals surface area contributed by atoms with Crippen LogP contribution in [0.3, 0.4) is 0 Å². The van der Waals surface area contributed by atoms with E-state index < -0.39 is 18.6 Å². The van der Waals surface area contributed by atoms with Crippen LogP contribution in [0.15, 0.2) is 48.5 Å². The van der Waals surface area contributed by atoms with E-state index in [1.54, 1.807) is 41.9 Å². The first-order chi connectivity index (χ1) is 17.1. The van der Waals surface area contributed by atoms with Crippen LogP contribution in [-0.4, -0.2) is 63.5 Å². The van der Waals surface area contributed by atoms with Gasteiger partial charge in [0.15, 0.2) is 11.5 Å². The van der Waals surface area contributed by atoms with Gasteiger partial charge >= 0.3 is 6.36 Å². The lowest BCUT2D eigenvalue weighted by Crippen LogP contribution is -2.54. The zero-order valence-corrected chi connectivity index (χ0v) is 20.0. The monoisotopic (exact) mass is 524 g/mol. The molecular weight excluding hydrogens is 501 g/mol. The van der Waals surface area contributed by atoms with Crippen molar-refractivity contribution in [3.63, 3.8) is 0 Å². The summed E-state index contributed by atoms with van der Waals surface area (Å²) in [4.78, 5) is 20.7. The minimum Gasteiger partial charge on any atom is -0.406 e. The Morgan fingerprint density at radius 3 is 2.53 bits per heavy atom. The van der Waals surface area contributed by atoms with E-state index in [4.69, 9.17) is 11.6 Å². The second-order valence-corrected chi connectivity index (χ2v) is 8.75. The lowest BCUT2D eigenvalue weighted by molar-refractivity contribution is -0.274. The van der Waals surface area contributed by atoms with Crippen LogP contribution in [0.4, 0.5) is 19.0 Å². The average molecular weight is 525 g/mol. The van der Waals surface area contributed by atoms with Crippen LogP contribution in [0.1, 0.15) is 33.9 Å². The number of alkyl halides is 3. The lowest BCUT2D eigenvalue weighted by atomic mass is 10.1. The fourth-order valence-corrected chi connectivity index (χ4v) is 4.20. The van der Waals surface area contributed by atoms with Gasteiger partial charge in [-0.25, -0.2) is 4.98 Å². The van der Waals surface area contributed by atoms with Crippen LogP contribution in [0.2, 0.25) is 5.02 Å². The maximum atomic E-state index is 13.5. The molecule has 36 heavy (non-hydrogen) atoms. The highest BCUT2D eigenvalue weighted by Gasteiger charge is 2.39. The highest BCUT2D eigenvalue weighted by atomic mass is 35.5. The summed E-state index contributed by atoms with van der Waals surface area (Å²) in [6.07, 6.45) is -5.74. The number of amides is 1. The Labute approximate surface area is 210 Å². The molecular formula is C24H24ClF3N4O4. The molecule has 0 spiro atoms. The normalized spacial score (nSPS) is 15.9. The number of aromatic nitrogens is 2. The Hall–Kier alpha value is -3.28. The van der Waals surface area contributed by atoms with Crippen molar-refractivity contribution in [3.05, 3.63) is 76.2 Å². The summed E-state index contributed by atoms with van der Waals surface area (Å²) >= 11 is 6.01. The fourth-order valence-electron chi connectivity index (χ4n) is 4.07. The Bertz CT molecular complexity index is 1230. The van der Waals surface area contributed by atoms with Gasteiger partial charge in [-0.05, 0) is 41.8 Å². The molecule has 1 aliphatic rings. The number of imidazole rings is 1. The average Bonchev–Trinajstić information content (AvgIpc) is 3.16. The van der Waals surface area contributed by atoms with Crippen molar-refractivity contribution in [3.8, 4) is 5.75 Å². The molecule has 1 atom stereocenters. The molecule has 3 aromatic rings. The van der Waals surface area contributed by atoms with E-state index >= 15 is 0 Å². The van der Waals surface area contributed by atoms with Crippen molar-refractivity contribution >= 4 is 23.3 Å². The van der Waals surface area contributed by atoms with Gasteiger partial charge in [-0.15, -0.1) is 13.2 Å². The maximum absolute atomic E-state index is 13.5. The largest absolute Gasteiger partial charge is 0.573 e. The third-order valence-electron chi connectivity index (χ3n) is 5.76. The summed E-state index contributed by atoms with van der Waals surface area (Å²) in [5.41, 5.74) is 1.54. The molecule has 0 radical (unpaired) electrons. The van der Waals surface area contributed by atoms with Gasteiger partial charge in [-0.2, -0.15) is 0 Å². The molecule has 1 aliphatic heterocycles. The molecule has 0 fully saturated rings. The van der Waals surface area contributed by atoms with Crippen molar-refractivity contribution in [2.45, 2.75) is 32.1 Å². The molecule has 8 nitrogen and oxygen atoms in total. The first kappa shape index (κ1) is 25.8. The summed E-state index contributed by atoms with van der Waals surface area (Å²) in [5, 5.41) is 20.5. The van der Waals surface area contributed by atoms with Gasteiger partial charge in [0.05, 0.1) is 0 Å². The molecule has 1 aromatic heterocycles. The fraction of sp³-hybridized carbons (Fsp3) is 0.333. The number of anilines is 1. The molecule has 2 aromatic carbocycles. The van der Waals surface area contributed by atoms with Crippen molar-refractivity contribution in [1.82, 2.24) is 14.5 Å². The second-order valence-electron chi connectivity index (χ2n) is 8.32. The van der Waals surface area contributed by atoms with E-state index in [-0.39, 0.29) is 49.8 Å². The zero-order chi connectivity index (χ0) is 26.0. The Morgan fingerprint density at radius 2 is 1.86 bits per heavy atom. The van der Waals surface area contributed by atoms with E-state index in [0.29, 0.717) is 16.4 Å². The van der Waals surface area contributed by atoms with Gasteiger partial charge in [0.25, 0.3) is 5.91 Å². The van der Waals surface area contributed by atoms with Crippen LogP contribution in [0, 0.1) is 0 Å². The topological polar surface area (TPSA) is 91.1 Å². The first-order valence-corrected chi connectivity index (χ1v) is 11.5. The standard InChI is InChI=1S/C24H24ClF3N4O4/c1-30-21-20(22(34)31(23(30)35)10-3-11-33)32(14-15-6-8-17(25)9-7-15)19(29-21)13-16-4-2-5-18(12-16)36-24(26,27)28/h2,4-9,12,23,33,35H,3,10-11,13-14H2,1H3. The number of halogens is 4. The SMILES string of the molecule is CN1c2nc(Cc3cccc(OC(F)(F)F)c3)n(Cc3ccc(Cl)cc3)c2C(=O)N(CCCO)C1O. The van der Waals surface area contributed by atoms with Crippen molar-refractivity contribution in [2.24, 2.45) is 0 Å². The Kier molecular flexibility index (Phi) is 7.43. The summed E-state index contributed by atoms with van der Waals surface area (Å²) < 4.78 is 43.8. The molecule has 0 bridgehead atoms. The maximum Gasteiger partial charge on any atom is 0.573 e. The number of nitrogens with zero attached hydrogens (tertiary/aromatic N) is 4. The van der Waals surface area contributed by atoms with E-state index in [9.17, 15) is 28.2 Å². The predicted octanol–water partition coefficient (Wildman–Crippen LogP) is 3.62. The summed E-state index contributed by atoms with van der Waals surface area (Å²) in [7, 11) is 1.59. The first-order valence-electron chi connectivity index (χ1n) is 11.1. The molecule has 4 rings (SSSR count). The van der Waals surface area contributed by atoms with Crippen molar-refractivity contribution in [2.75, 3.05) is 25.1 Å². The van der Waals surface area contributed by atoms with Gasteiger partial charge in [-0.3, -0.25) is 9.69 Å². The minimum absolute atomic E-state index is 0.101. The van der Waals surface area contributed by atoms with Crippen LogP contribution >= 0.6 is 11.6 Å². The number of hydrogen-bond donors (Lipinski definition) is 2. The number of benzene rings is 2. The van der Waals surface area contributed by atoms with Gasteiger partial charge in [-0.1, -0.05) is 35.9 Å². The third-order valence-corrected chi connectivity index (χ3v) is 6.01. The second kappa shape index (κ2) is 10.4. The number of aliphatic hydroxyl groups excluding tert-OH is 2. The van der Waals surface area contributed by atoms with Gasteiger partial charge < -0.3 is 24.4 Å². The molecule has 12 heteroatoms. The predicted molar refractivity (Wildman–Crippen MR) is 126 cm³/mol. The van der Waals surface area contributed by atoms with Crippen LogP contribution < -0.4 is 9.64 Å². The van der Waals surface area contributed by atoms with Gasteiger partial charge in [0, 0.05) is 38.2 Å². The summed E-state index contributed by atoms with van der Waals surface area (Å²) in [6.45, 7) is 0.203. The third kappa shape index (κ3) is 5.58. The highest BCUT2D eigenvalue weighted by molar-refractivity contribution is 6.30. The van der Waals surface area contributed by atoms with Crippen LogP contribution in [0.5, 0.6) is 5.75 Å². The van der Waals surface area contributed by atoms with Crippen molar-refractivity contribution in [1.29, 1.82) is 0 Å². The summed E-state index contributed by atoms with van der Waals surface area (Å²) in [6, 6.07) is 12.6. The molecule has 0 saturated carbocycles. The van der Waals surface area contributed by atoms with Gasteiger partial charge in [0.2, 0.25) is 6.35 Å². The smallest absolute Gasteiger partial charge is 0.406 e. The number of rotatable bonds is 8. The molecule has 1 amide bonds. The number of aliphatic hydroxyl groups is 2. The van der Waals surface area contributed by atoms with Gasteiger partial charge in [0.1, 0.15) is 11.6 Å². The number of fused-ring (bicyclic) bond motifs is 1. The van der Waals surface area contributed by atoms with E-state index in [2.05, 4.69) is 9.72 Å². The molecule has 2 N–H and O–H groups in total. The number of carbonyl (C=O) groups excluding carboxylic acids is 1. The number of carbonyl (C=O) groups is 1. The van der Waals surface area contributed by atoms with Crippen molar-refractivity contribution < 1.29 is 32.9 Å². The number of hydrogen-bond acceptors (Lipinski definition) is 6. The highest BCUT2D eigenvalue weighted by Crippen LogP contribution is 2.32.